The minimum atomic E-state index is -0.780. The molecule has 1 aliphatic rings. The quantitative estimate of drug-likeness (QED) is 0.536. The zero-order valence-corrected chi connectivity index (χ0v) is 6.26. The van der Waals surface area contributed by atoms with Crippen LogP contribution in [0.2, 0.25) is 0 Å². The maximum absolute atomic E-state index is 5.05. The summed E-state index contributed by atoms with van der Waals surface area (Å²) in [6.45, 7) is 1.39. The van der Waals surface area contributed by atoms with E-state index in [-0.39, 0.29) is 0 Å². The Morgan fingerprint density at radius 3 is 2.50 bits per heavy atom. The summed E-state index contributed by atoms with van der Waals surface area (Å²) in [4.78, 5) is 4.07. The van der Waals surface area contributed by atoms with Crippen LogP contribution in [-0.4, -0.2) is 39.4 Å². The summed E-state index contributed by atoms with van der Waals surface area (Å²) in [5.41, 5.74) is 0. The van der Waals surface area contributed by atoms with Crippen LogP contribution in [0.5, 0.6) is 0 Å². The van der Waals surface area contributed by atoms with Crippen molar-refractivity contribution < 1.29 is 9.47 Å². The van der Waals surface area contributed by atoms with Crippen molar-refractivity contribution in [1.29, 1.82) is 0 Å². The Morgan fingerprint density at radius 1 is 1.50 bits per heavy atom. The van der Waals surface area contributed by atoms with Gasteiger partial charge in [0.1, 0.15) is 0 Å². The zero-order chi connectivity index (χ0) is 7.45. The molecule has 1 heterocycles. The summed E-state index contributed by atoms with van der Waals surface area (Å²) in [7, 11) is 3.15. The molecule has 58 valence electrons. The second-order valence-electron chi connectivity index (χ2n) is 2.06. The highest BCUT2D eigenvalue weighted by molar-refractivity contribution is 5.60. The normalized spacial score (nSPS) is 23.0. The van der Waals surface area contributed by atoms with Gasteiger partial charge in [-0.25, -0.2) is 4.99 Å². The molecule has 0 aromatic heterocycles. The van der Waals surface area contributed by atoms with Crippen LogP contribution in [-0.2, 0) is 9.47 Å². The van der Waals surface area contributed by atoms with Crippen molar-refractivity contribution in [1.82, 2.24) is 5.32 Å². The fraction of sp³-hybridized carbons (Fsp3) is 0.833. The third-order valence-electron chi connectivity index (χ3n) is 1.51. The number of hydrogen-bond donors (Lipinski definition) is 1. The molecule has 1 aliphatic heterocycles. The van der Waals surface area contributed by atoms with Gasteiger partial charge in [0.2, 0.25) is 0 Å². The molecule has 0 radical (unpaired) electrons. The van der Waals surface area contributed by atoms with Crippen molar-refractivity contribution in [3.05, 3.63) is 0 Å². The first-order valence-corrected chi connectivity index (χ1v) is 3.18. The standard InChI is InChI=1S/C6H12N2O2/c1-9-6(10-2)5-7-3-4-8-6/h4,7H,3,5H2,1-2H3. The lowest BCUT2D eigenvalue weighted by atomic mass is 10.4. The number of hydrogen-bond acceptors (Lipinski definition) is 4. The van der Waals surface area contributed by atoms with Gasteiger partial charge in [-0.1, -0.05) is 0 Å². The first-order valence-electron chi connectivity index (χ1n) is 3.18. The van der Waals surface area contributed by atoms with E-state index in [9.17, 15) is 0 Å². The molecule has 0 unspecified atom stereocenters. The molecule has 0 spiro atoms. The van der Waals surface area contributed by atoms with Gasteiger partial charge in [0.15, 0.2) is 0 Å². The second kappa shape index (κ2) is 3.09. The average molecular weight is 144 g/mol. The lowest BCUT2D eigenvalue weighted by Crippen LogP contribution is -2.46. The highest BCUT2D eigenvalue weighted by Crippen LogP contribution is 2.12. The molecule has 0 atom stereocenters. The van der Waals surface area contributed by atoms with Crippen LogP contribution in [0.4, 0.5) is 0 Å². The Labute approximate surface area is 60.2 Å². The van der Waals surface area contributed by atoms with Gasteiger partial charge in [0, 0.05) is 27.0 Å². The Bertz CT molecular complexity index is 132. The van der Waals surface area contributed by atoms with Gasteiger partial charge in [-0.2, -0.15) is 0 Å². The molecule has 0 aromatic rings. The molecule has 4 heteroatoms. The smallest absolute Gasteiger partial charge is 0.281 e. The fourth-order valence-corrected chi connectivity index (χ4v) is 0.858. The maximum Gasteiger partial charge on any atom is 0.281 e. The average Bonchev–Trinajstić information content (AvgIpc) is 2.06. The number of nitrogens with zero attached hydrogens (tertiary/aromatic N) is 1. The van der Waals surface area contributed by atoms with Gasteiger partial charge >= 0.3 is 0 Å². The summed E-state index contributed by atoms with van der Waals surface area (Å²) < 4.78 is 10.1. The number of rotatable bonds is 2. The molecular weight excluding hydrogens is 132 g/mol. The Balaban J connectivity index is 2.61. The van der Waals surface area contributed by atoms with E-state index < -0.39 is 5.91 Å². The van der Waals surface area contributed by atoms with Crippen molar-refractivity contribution in [3.8, 4) is 0 Å². The van der Waals surface area contributed by atoms with Gasteiger partial charge in [0.25, 0.3) is 5.91 Å². The van der Waals surface area contributed by atoms with E-state index in [1.54, 1.807) is 20.4 Å². The topological polar surface area (TPSA) is 42.9 Å². The molecule has 0 bridgehead atoms. The lowest BCUT2D eigenvalue weighted by molar-refractivity contribution is -0.197. The number of ether oxygens (including phenoxy) is 2. The molecule has 0 aromatic carbocycles. The summed E-state index contributed by atoms with van der Waals surface area (Å²) in [6.07, 6.45) is 1.75. The molecule has 0 saturated heterocycles. The molecule has 10 heavy (non-hydrogen) atoms. The largest absolute Gasteiger partial charge is 0.334 e. The van der Waals surface area contributed by atoms with Crippen LogP contribution >= 0.6 is 0 Å². The van der Waals surface area contributed by atoms with Crippen LogP contribution in [0.25, 0.3) is 0 Å². The highest BCUT2D eigenvalue weighted by Gasteiger charge is 2.29. The predicted molar refractivity (Wildman–Crippen MR) is 38.1 cm³/mol. The lowest BCUT2D eigenvalue weighted by Gasteiger charge is -2.28. The van der Waals surface area contributed by atoms with Crippen LogP contribution in [0.15, 0.2) is 4.99 Å². The van der Waals surface area contributed by atoms with Gasteiger partial charge in [-0.15, -0.1) is 0 Å². The Kier molecular flexibility index (Phi) is 2.37. The van der Waals surface area contributed by atoms with Crippen LogP contribution in [0, 0.1) is 0 Å². The van der Waals surface area contributed by atoms with Gasteiger partial charge in [-0.3, -0.25) is 0 Å². The molecule has 0 saturated carbocycles. The highest BCUT2D eigenvalue weighted by atomic mass is 16.7. The van der Waals surface area contributed by atoms with Crippen molar-refractivity contribution in [2.75, 3.05) is 27.3 Å². The molecule has 0 fully saturated rings. The van der Waals surface area contributed by atoms with Crippen LogP contribution in [0.1, 0.15) is 0 Å². The number of methoxy groups -OCH3 is 2. The SMILES string of the molecule is COC1(OC)CNCC=N1. The second-order valence-corrected chi connectivity index (χ2v) is 2.06. The van der Waals surface area contributed by atoms with Crippen molar-refractivity contribution in [3.63, 3.8) is 0 Å². The predicted octanol–water partition coefficient (Wildman–Crippen LogP) is -0.393. The van der Waals surface area contributed by atoms with Crippen molar-refractivity contribution >= 4 is 6.21 Å². The maximum atomic E-state index is 5.05. The molecule has 0 amide bonds. The number of nitrogens with one attached hydrogen (secondary N) is 1. The molecule has 0 aliphatic carbocycles. The van der Waals surface area contributed by atoms with Gasteiger partial charge < -0.3 is 14.8 Å². The van der Waals surface area contributed by atoms with E-state index in [0.717, 1.165) is 6.54 Å². The van der Waals surface area contributed by atoms with E-state index in [1.807, 2.05) is 0 Å². The third-order valence-corrected chi connectivity index (χ3v) is 1.51. The van der Waals surface area contributed by atoms with Gasteiger partial charge in [0.05, 0.1) is 6.54 Å². The number of aliphatic imine (C=N–C) groups is 1. The first kappa shape index (κ1) is 7.65. The van der Waals surface area contributed by atoms with Crippen molar-refractivity contribution in [2.45, 2.75) is 5.91 Å². The van der Waals surface area contributed by atoms with Crippen LogP contribution < -0.4 is 5.32 Å². The minimum Gasteiger partial charge on any atom is -0.334 e. The van der Waals surface area contributed by atoms with E-state index in [4.69, 9.17) is 9.47 Å². The van der Waals surface area contributed by atoms with Gasteiger partial charge in [-0.05, 0) is 0 Å². The minimum absolute atomic E-state index is 0.608. The Morgan fingerprint density at radius 2 is 2.20 bits per heavy atom. The molecular formula is C6H12N2O2. The first-order chi connectivity index (χ1) is 4.83. The van der Waals surface area contributed by atoms with E-state index in [0.29, 0.717) is 6.54 Å². The monoisotopic (exact) mass is 144 g/mol. The van der Waals surface area contributed by atoms with E-state index >= 15 is 0 Å². The third kappa shape index (κ3) is 1.34. The molecule has 4 nitrogen and oxygen atoms in total. The summed E-state index contributed by atoms with van der Waals surface area (Å²) >= 11 is 0. The summed E-state index contributed by atoms with van der Waals surface area (Å²) in [5.74, 6) is -0.780. The zero-order valence-electron chi connectivity index (χ0n) is 6.26. The molecule has 1 N–H and O–H groups in total. The molecule has 1 rings (SSSR count). The van der Waals surface area contributed by atoms with Crippen molar-refractivity contribution in [2.24, 2.45) is 4.99 Å². The summed E-state index contributed by atoms with van der Waals surface area (Å²) in [6, 6.07) is 0. The van der Waals surface area contributed by atoms with E-state index in [2.05, 4.69) is 10.3 Å². The Hall–Kier alpha value is -0.450. The van der Waals surface area contributed by atoms with Crippen LogP contribution in [0.3, 0.4) is 0 Å². The van der Waals surface area contributed by atoms with E-state index in [1.165, 1.54) is 0 Å². The summed E-state index contributed by atoms with van der Waals surface area (Å²) in [5, 5.41) is 3.08. The fourth-order valence-electron chi connectivity index (χ4n) is 0.858.